The minimum atomic E-state index is -0.197. The fourth-order valence-electron chi connectivity index (χ4n) is 1.53. The molecular weight excluding hydrogens is 248 g/mol. The van der Waals surface area contributed by atoms with Crippen LogP contribution in [0.2, 0.25) is 0 Å². The molecule has 18 heavy (non-hydrogen) atoms. The summed E-state index contributed by atoms with van der Waals surface area (Å²) in [5.41, 5.74) is 7.74. The number of amides is 1. The summed E-state index contributed by atoms with van der Waals surface area (Å²) in [5, 5.41) is 6.79. The Hall–Kier alpha value is -2.01. The lowest BCUT2D eigenvalue weighted by Gasteiger charge is -2.08. The average molecular weight is 262 g/mol. The minimum absolute atomic E-state index is 0.197. The van der Waals surface area contributed by atoms with E-state index in [2.05, 4.69) is 5.32 Å². The number of nitrogens with two attached hydrogens (primary N) is 1. The Kier molecular flexibility index (Phi) is 3.84. The molecule has 3 N–H and O–H groups in total. The summed E-state index contributed by atoms with van der Waals surface area (Å²) in [4.78, 5) is 12.0. The van der Waals surface area contributed by atoms with Crippen LogP contribution in [-0.2, 0) is 6.54 Å². The fraction of sp³-hybridized carbons (Fsp3) is 0.154. The molecule has 0 atom stereocenters. The van der Waals surface area contributed by atoms with Gasteiger partial charge in [-0.3, -0.25) is 4.79 Å². The first-order valence-corrected chi connectivity index (χ1v) is 6.38. The summed E-state index contributed by atoms with van der Waals surface area (Å²) in [6, 6.07) is 7.00. The molecule has 94 valence electrons. The number of nitrogens with one attached hydrogen (secondary N) is 1. The topological polar surface area (TPSA) is 64.3 Å². The second-order valence-electron chi connectivity index (χ2n) is 3.77. The number of hydrogen-bond donors (Lipinski definition) is 2. The summed E-state index contributed by atoms with van der Waals surface area (Å²) in [5.74, 6) is 0.419. The SMILES string of the molecule is COc1ccc(N)c(C(=O)NCc2ccsc2)c1. The third-order valence-electron chi connectivity index (χ3n) is 2.54. The molecule has 0 aliphatic heterocycles. The molecule has 2 aromatic rings. The molecule has 0 bridgehead atoms. The van der Waals surface area contributed by atoms with E-state index in [0.29, 0.717) is 23.5 Å². The van der Waals surface area contributed by atoms with Gasteiger partial charge in [0.05, 0.1) is 12.7 Å². The Morgan fingerprint density at radius 3 is 2.94 bits per heavy atom. The first-order valence-electron chi connectivity index (χ1n) is 5.43. The molecule has 1 aromatic carbocycles. The van der Waals surface area contributed by atoms with Crippen LogP contribution in [0, 0.1) is 0 Å². The monoisotopic (exact) mass is 262 g/mol. The number of carbonyl (C=O) groups excluding carboxylic acids is 1. The largest absolute Gasteiger partial charge is 0.497 e. The number of methoxy groups -OCH3 is 1. The Morgan fingerprint density at radius 2 is 2.28 bits per heavy atom. The lowest BCUT2D eigenvalue weighted by Crippen LogP contribution is -2.23. The standard InChI is InChI=1S/C13H14N2O2S/c1-17-10-2-3-12(14)11(6-10)13(16)15-7-9-4-5-18-8-9/h2-6,8H,7,14H2,1H3,(H,15,16). The van der Waals surface area contributed by atoms with Crippen molar-refractivity contribution in [3.63, 3.8) is 0 Å². The maximum Gasteiger partial charge on any atom is 0.253 e. The molecule has 2 rings (SSSR count). The molecule has 1 heterocycles. The van der Waals surface area contributed by atoms with Gasteiger partial charge in [0.1, 0.15) is 5.75 Å². The molecule has 4 nitrogen and oxygen atoms in total. The van der Waals surface area contributed by atoms with Crippen molar-refractivity contribution in [3.05, 3.63) is 46.2 Å². The zero-order chi connectivity index (χ0) is 13.0. The van der Waals surface area contributed by atoms with Gasteiger partial charge in [0.25, 0.3) is 5.91 Å². The third kappa shape index (κ3) is 2.81. The second kappa shape index (κ2) is 5.55. The van der Waals surface area contributed by atoms with Gasteiger partial charge >= 0.3 is 0 Å². The highest BCUT2D eigenvalue weighted by Gasteiger charge is 2.10. The smallest absolute Gasteiger partial charge is 0.253 e. The van der Waals surface area contributed by atoms with Crippen molar-refractivity contribution in [2.24, 2.45) is 0 Å². The van der Waals surface area contributed by atoms with E-state index >= 15 is 0 Å². The summed E-state index contributed by atoms with van der Waals surface area (Å²) < 4.78 is 5.08. The molecule has 0 radical (unpaired) electrons. The Labute approximate surface area is 109 Å². The van der Waals surface area contributed by atoms with Crippen LogP contribution in [0.25, 0.3) is 0 Å². The lowest BCUT2D eigenvalue weighted by molar-refractivity contribution is 0.0951. The van der Waals surface area contributed by atoms with Gasteiger partial charge in [-0.1, -0.05) is 0 Å². The van der Waals surface area contributed by atoms with Crippen molar-refractivity contribution in [2.45, 2.75) is 6.54 Å². The van der Waals surface area contributed by atoms with Crippen LogP contribution in [0.4, 0.5) is 5.69 Å². The van der Waals surface area contributed by atoms with E-state index in [-0.39, 0.29) is 5.91 Å². The van der Waals surface area contributed by atoms with Crippen molar-refractivity contribution in [1.82, 2.24) is 5.32 Å². The van der Waals surface area contributed by atoms with E-state index < -0.39 is 0 Å². The molecule has 5 heteroatoms. The van der Waals surface area contributed by atoms with Crippen molar-refractivity contribution in [2.75, 3.05) is 12.8 Å². The van der Waals surface area contributed by atoms with Crippen LogP contribution in [-0.4, -0.2) is 13.0 Å². The average Bonchev–Trinajstić information content (AvgIpc) is 2.89. The first kappa shape index (κ1) is 12.4. The Bertz CT molecular complexity index is 538. The number of anilines is 1. The van der Waals surface area contributed by atoms with Gasteiger partial charge in [-0.2, -0.15) is 11.3 Å². The van der Waals surface area contributed by atoms with Crippen LogP contribution in [0.1, 0.15) is 15.9 Å². The van der Waals surface area contributed by atoms with Crippen LogP contribution >= 0.6 is 11.3 Å². The molecule has 1 aromatic heterocycles. The summed E-state index contributed by atoms with van der Waals surface area (Å²) in [7, 11) is 1.55. The molecule has 0 aliphatic rings. The number of ether oxygens (including phenoxy) is 1. The predicted octanol–water partition coefficient (Wildman–Crippen LogP) is 2.27. The lowest BCUT2D eigenvalue weighted by atomic mass is 10.1. The second-order valence-corrected chi connectivity index (χ2v) is 4.55. The number of carbonyl (C=O) groups is 1. The highest BCUT2D eigenvalue weighted by molar-refractivity contribution is 7.07. The van der Waals surface area contributed by atoms with Gasteiger partial charge < -0.3 is 15.8 Å². The van der Waals surface area contributed by atoms with Crippen LogP contribution in [0.5, 0.6) is 5.75 Å². The van der Waals surface area contributed by atoms with E-state index in [1.54, 1.807) is 36.6 Å². The van der Waals surface area contributed by atoms with Crippen LogP contribution in [0.15, 0.2) is 35.0 Å². The van der Waals surface area contributed by atoms with E-state index in [1.807, 2.05) is 16.8 Å². The van der Waals surface area contributed by atoms with E-state index in [4.69, 9.17) is 10.5 Å². The predicted molar refractivity (Wildman–Crippen MR) is 72.9 cm³/mol. The highest BCUT2D eigenvalue weighted by Crippen LogP contribution is 2.19. The van der Waals surface area contributed by atoms with Gasteiger partial charge in [-0.25, -0.2) is 0 Å². The zero-order valence-electron chi connectivity index (χ0n) is 9.97. The Balaban J connectivity index is 2.08. The molecule has 0 saturated heterocycles. The van der Waals surface area contributed by atoms with Gasteiger partial charge in [-0.05, 0) is 40.6 Å². The number of nitrogen functional groups attached to an aromatic ring is 1. The molecule has 0 fully saturated rings. The number of hydrogen-bond acceptors (Lipinski definition) is 4. The number of rotatable bonds is 4. The van der Waals surface area contributed by atoms with E-state index in [1.165, 1.54) is 0 Å². The molecule has 0 saturated carbocycles. The molecular formula is C13H14N2O2S. The zero-order valence-corrected chi connectivity index (χ0v) is 10.8. The van der Waals surface area contributed by atoms with E-state index in [0.717, 1.165) is 5.56 Å². The quantitative estimate of drug-likeness (QED) is 0.831. The summed E-state index contributed by atoms with van der Waals surface area (Å²) in [6.07, 6.45) is 0. The van der Waals surface area contributed by atoms with Crippen LogP contribution < -0.4 is 15.8 Å². The molecule has 0 spiro atoms. The van der Waals surface area contributed by atoms with Gasteiger partial charge in [-0.15, -0.1) is 0 Å². The van der Waals surface area contributed by atoms with Crippen LogP contribution in [0.3, 0.4) is 0 Å². The summed E-state index contributed by atoms with van der Waals surface area (Å²) >= 11 is 1.60. The summed E-state index contributed by atoms with van der Waals surface area (Å²) in [6.45, 7) is 0.499. The van der Waals surface area contributed by atoms with Crippen molar-refractivity contribution in [1.29, 1.82) is 0 Å². The molecule has 1 amide bonds. The van der Waals surface area contributed by atoms with Crippen molar-refractivity contribution in [3.8, 4) is 5.75 Å². The minimum Gasteiger partial charge on any atom is -0.497 e. The van der Waals surface area contributed by atoms with Gasteiger partial charge in [0.2, 0.25) is 0 Å². The first-order chi connectivity index (χ1) is 8.70. The van der Waals surface area contributed by atoms with Crippen molar-refractivity contribution >= 4 is 22.9 Å². The molecule has 0 aliphatic carbocycles. The van der Waals surface area contributed by atoms with Gasteiger partial charge in [0, 0.05) is 12.2 Å². The third-order valence-corrected chi connectivity index (χ3v) is 3.27. The molecule has 0 unspecified atom stereocenters. The van der Waals surface area contributed by atoms with Crippen molar-refractivity contribution < 1.29 is 9.53 Å². The maximum atomic E-state index is 12.0. The number of benzene rings is 1. The highest BCUT2D eigenvalue weighted by atomic mass is 32.1. The Morgan fingerprint density at radius 1 is 1.44 bits per heavy atom. The van der Waals surface area contributed by atoms with Gasteiger partial charge in [0.15, 0.2) is 0 Å². The number of thiophene rings is 1. The normalized spacial score (nSPS) is 10.1. The van der Waals surface area contributed by atoms with E-state index in [9.17, 15) is 4.79 Å². The fourth-order valence-corrected chi connectivity index (χ4v) is 2.20. The maximum absolute atomic E-state index is 12.0.